The molecule has 0 amide bonds. The van der Waals surface area contributed by atoms with E-state index in [2.05, 4.69) is 4.90 Å². The number of carbonyl (C=O) groups excluding carboxylic acids is 1. The molecule has 1 fully saturated rings. The number of nitrogens with zero attached hydrogens (tertiary/aromatic N) is 1. The molecule has 0 bridgehead atoms. The molecular formula is C24H28FNO10S2. The van der Waals surface area contributed by atoms with Crippen molar-refractivity contribution >= 4 is 31.8 Å². The summed E-state index contributed by atoms with van der Waals surface area (Å²) in [5, 5.41) is 0. The van der Waals surface area contributed by atoms with E-state index < -0.39 is 37.5 Å². The van der Waals surface area contributed by atoms with Crippen molar-refractivity contribution in [2.24, 2.45) is 0 Å². The first-order valence-corrected chi connectivity index (χ1v) is 14.8. The van der Waals surface area contributed by atoms with Crippen LogP contribution in [0.1, 0.15) is 15.9 Å². The summed E-state index contributed by atoms with van der Waals surface area (Å²) in [6.07, 6.45) is 3.41. The van der Waals surface area contributed by atoms with Crippen LogP contribution in [0.3, 0.4) is 0 Å². The summed E-state index contributed by atoms with van der Waals surface area (Å²) in [5.41, 5.74) is 0.545. The zero-order valence-electron chi connectivity index (χ0n) is 20.8. The molecule has 0 saturated carbocycles. The Balaban J connectivity index is 0.000000732. The second-order valence-electron chi connectivity index (χ2n) is 8.30. The molecule has 0 unspecified atom stereocenters. The summed E-state index contributed by atoms with van der Waals surface area (Å²) >= 11 is 0. The molecule has 11 nitrogen and oxygen atoms in total. The quantitative estimate of drug-likeness (QED) is 0.281. The third-order valence-corrected chi connectivity index (χ3v) is 6.81. The molecular weight excluding hydrogens is 545 g/mol. The third kappa shape index (κ3) is 8.49. The summed E-state index contributed by atoms with van der Waals surface area (Å²) in [6.45, 7) is 3.84. The van der Waals surface area contributed by atoms with Gasteiger partial charge in [-0.05, 0) is 29.8 Å². The summed E-state index contributed by atoms with van der Waals surface area (Å²) in [7, 11) is -5.94. The average molecular weight is 574 g/mol. The Labute approximate surface area is 220 Å². The van der Waals surface area contributed by atoms with Crippen LogP contribution in [-0.2, 0) is 24.7 Å². The van der Waals surface area contributed by atoms with Crippen LogP contribution in [0.25, 0.3) is 6.08 Å². The lowest BCUT2D eigenvalue weighted by Crippen LogP contribution is -2.38. The molecule has 2 aromatic rings. The van der Waals surface area contributed by atoms with Crippen LogP contribution in [0.5, 0.6) is 17.2 Å². The van der Waals surface area contributed by atoms with Gasteiger partial charge < -0.3 is 18.9 Å². The minimum Gasteiger partial charge on any atom is -0.494 e. The number of hydrogen-bond donors (Lipinski definition) is 1. The van der Waals surface area contributed by atoms with Gasteiger partial charge in [0.2, 0.25) is 9.84 Å². The number of morpholine rings is 1. The lowest BCUT2D eigenvalue weighted by molar-refractivity contribution is 0.0322. The number of benzene rings is 2. The lowest BCUT2D eigenvalue weighted by atomic mass is 10.1. The topological polar surface area (TPSA) is 146 Å². The Kier molecular flexibility index (Phi) is 9.84. The number of rotatable bonds is 8. The van der Waals surface area contributed by atoms with Crippen LogP contribution in [0, 0.1) is 5.82 Å². The first-order chi connectivity index (χ1) is 17.9. The van der Waals surface area contributed by atoms with E-state index in [0.29, 0.717) is 38.2 Å². The maximum atomic E-state index is 13.9. The zero-order chi connectivity index (χ0) is 27.9. The molecule has 2 aromatic carbocycles. The van der Waals surface area contributed by atoms with Crippen LogP contribution < -0.4 is 14.2 Å². The second kappa shape index (κ2) is 12.7. The fourth-order valence-electron chi connectivity index (χ4n) is 3.57. The van der Waals surface area contributed by atoms with Crippen molar-refractivity contribution in [3.63, 3.8) is 0 Å². The third-order valence-electron chi connectivity index (χ3n) is 5.39. The maximum Gasteiger partial charge on any atom is 0.261 e. The predicted octanol–water partition coefficient (Wildman–Crippen LogP) is 2.07. The molecule has 38 heavy (non-hydrogen) atoms. The number of carbonyl (C=O) groups is 1. The predicted molar refractivity (Wildman–Crippen MR) is 136 cm³/mol. The molecule has 2 aliphatic rings. The minimum atomic E-state index is -3.67. The van der Waals surface area contributed by atoms with Crippen molar-refractivity contribution in [1.29, 1.82) is 0 Å². The molecule has 1 N–H and O–H groups in total. The molecule has 2 heterocycles. The summed E-state index contributed by atoms with van der Waals surface area (Å²) in [5.74, 6) is -1.02. The molecule has 2 aliphatic heterocycles. The van der Waals surface area contributed by atoms with E-state index in [1.54, 1.807) is 6.07 Å². The molecule has 0 aromatic heterocycles. The number of halogens is 1. The Morgan fingerprint density at radius 1 is 1.18 bits per heavy atom. The van der Waals surface area contributed by atoms with Gasteiger partial charge in [-0.15, -0.1) is 0 Å². The highest BCUT2D eigenvalue weighted by Crippen LogP contribution is 2.37. The SMILES string of the molecule is COc1ccc(/C=C/C(=O)c2cc3c(cc2OCCN2CCOCC2)OCS3(=O)=O)cc1F.CS(=O)(=O)O. The Bertz CT molecular complexity index is 1390. The van der Waals surface area contributed by atoms with E-state index >= 15 is 0 Å². The molecule has 0 spiro atoms. The highest BCUT2D eigenvalue weighted by molar-refractivity contribution is 7.91. The van der Waals surface area contributed by atoms with Crippen molar-refractivity contribution < 1.29 is 49.5 Å². The van der Waals surface area contributed by atoms with Crippen LogP contribution >= 0.6 is 0 Å². The van der Waals surface area contributed by atoms with E-state index in [1.807, 2.05) is 0 Å². The number of ketones is 1. The minimum absolute atomic E-state index is 0.0460. The molecule has 208 valence electrons. The van der Waals surface area contributed by atoms with Gasteiger partial charge in [-0.3, -0.25) is 14.2 Å². The zero-order valence-corrected chi connectivity index (χ0v) is 22.4. The van der Waals surface area contributed by atoms with Gasteiger partial charge in [0.25, 0.3) is 10.1 Å². The lowest BCUT2D eigenvalue weighted by Gasteiger charge is -2.26. The first kappa shape index (κ1) is 29.5. The van der Waals surface area contributed by atoms with Crippen LogP contribution in [-0.4, -0.2) is 90.8 Å². The van der Waals surface area contributed by atoms with Crippen molar-refractivity contribution in [3.8, 4) is 17.2 Å². The fourth-order valence-corrected chi connectivity index (χ4v) is 4.70. The molecule has 14 heteroatoms. The monoisotopic (exact) mass is 573 g/mol. The van der Waals surface area contributed by atoms with Gasteiger partial charge >= 0.3 is 0 Å². The van der Waals surface area contributed by atoms with Gasteiger partial charge in [0.1, 0.15) is 23.0 Å². The van der Waals surface area contributed by atoms with Gasteiger partial charge in [0.05, 0.1) is 32.1 Å². The van der Waals surface area contributed by atoms with Gasteiger partial charge in [-0.25, -0.2) is 12.8 Å². The Hall–Kier alpha value is -3.04. The number of allylic oxidation sites excluding steroid dienone is 1. The fraction of sp³-hybridized carbons (Fsp3) is 0.375. The number of sulfone groups is 1. The molecule has 0 aliphatic carbocycles. The summed E-state index contributed by atoms with van der Waals surface area (Å²) in [6, 6.07) is 7.02. The van der Waals surface area contributed by atoms with E-state index in [0.717, 1.165) is 13.1 Å². The van der Waals surface area contributed by atoms with Crippen molar-refractivity contribution in [2.75, 3.05) is 58.8 Å². The van der Waals surface area contributed by atoms with E-state index in [-0.39, 0.29) is 27.7 Å². The van der Waals surface area contributed by atoms with Gasteiger partial charge in [-0.1, -0.05) is 12.1 Å². The van der Waals surface area contributed by atoms with Crippen molar-refractivity contribution in [2.45, 2.75) is 4.90 Å². The number of hydrogen-bond acceptors (Lipinski definition) is 10. The molecule has 0 radical (unpaired) electrons. The van der Waals surface area contributed by atoms with Crippen LogP contribution in [0.2, 0.25) is 0 Å². The highest BCUT2D eigenvalue weighted by atomic mass is 32.2. The number of ether oxygens (including phenoxy) is 4. The van der Waals surface area contributed by atoms with Crippen LogP contribution in [0.15, 0.2) is 41.3 Å². The number of methoxy groups -OCH3 is 1. The number of fused-ring (bicyclic) bond motifs is 1. The van der Waals surface area contributed by atoms with Crippen molar-refractivity contribution in [1.82, 2.24) is 4.90 Å². The summed E-state index contributed by atoms with van der Waals surface area (Å²) in [4.78, 5) is 15.1. The van der Waals surface area contributed by atoms with Gasteiger partial charge in [-0.2, -0.15) is 8.42 Å². The normalized spacial score (nSPS) is 16.7. The Morgan fingerprint density at radius 3 is 2.50 bits per heavy atom. The second-order valence-corrected chi connectivity index (χ2v) is 11.7. The highest BCUT2D eigenvalue weighted by Gasteiger charge is 2.31. The molecule has 1 saturated heterocycles. The Morgan fingerprint density at radius 2 is 1.87 bits per heavy atom. The average Bonchev–Trinajstić information content (AvgIpc) is 3.15. The molecule has 0 atom stereocenters. The van der Waals surface area contributed by atoms with E-state index in [1.165, 1.54) is 43.5 Å². The summed E-state index contributed by atoms with van der Waals surface area (Å²) < 4.78 is 85.7. The standard InChI is InChI=1S/C23H24FNO7S.CH4O3S/c1-29-20-5-3-16(12-18(20)24)2-4-19(26)17-13-23-22(32-15-33(23,27)28)14-21(17)31-11-8-25-6-9-30-10-7-25;1-5(2,3)4/h2-5,12-14H,6-11,15H2,1H3;1H3,(H,2,3,4)/b4-2+;. The van der Waals surface area contributed by atoms with Gasteiger partial charge in [0, 0.05) is 25.7 Å². The van der Waals surface area contributed by atoms with E-state index in [9.17, 15) is 26.0 Å². The van der Waals surface area contributed by atoms with E-state index in [4.69, 9.17) is 23.5 Å². The maximum absolute atomic E-state index is 13.9. The van der Waals surface area contributed by atoms with Gasteiger partial charge in [0.15, 0.2) is 23.3 Å². The molecule has 4 rings (SSSR count). The van der Waals surface area contributed by atoms with Crippen molar-refractivity contribution in [3.05, 3.63) is 53.4 Å². The first-order valence-electron chi connectivity index (χ1n) is 11.3. The van der Waals surface area contributed by atoms with Crippen LogP contribution in [0.4, 0.5) is 4.39 Å². The smallest absolute Gasteiger partial charge is 0.261 e. The largest absolute Gasteiger partial charge is 0.494 e.